The van der Waals surface area contributed by atoms with Crippen LogP contribution in [0.1, 0.15) is 42.3 Å². The van der Waals surface area contributed by atoms with Gasteiger partial charge in [-0.1, -0.05) is 13.0 Å². The lowest BCUT2D eigenvalue weighted by Gasteiger charge is -2.14. The summed E-state index contributed by atoms with van der Waals surface area (Å²) >= 11 is 1.62. The van der Waals surface area contributed by atoms with E-state index in [9.17, 15) is 9.59 Å². The minimum absolute atomic E-state index is 0.0813. The van der Waals surface area contributed by atoms with Crippen LogP contribution in [0.2, 0.25) is 0 Å². The Bertz CT molecular complexity index is 1390. The van der Waals surface area contributed by atoms with Crippen LogP contribution < -0.4 is 15.7 Å². The lowest BCUT2D eigenvalue weighted by molar-refractivity contribution is 0.313. The van der Waals surface area contributed by atoms with Crippen molar-refractivity contribution in [3.63, 3.8) is 0 Å². The first-order chi connectivity index (χ1) is 15.7. The van der Waals surface area contributed by atoms with E-state index in [1.807, 2.05) is 25.1 Å². The highest BCUT2D eigenvalue weighted by molar-refractivity contribution is 7.18. The Kier molecular flexibility index (Phi) is 5.61. The van der Waals surface area contributed by atoms with Crippen LogP contribution in [0.5, 0.6) is 5.75 Å². The minimum atomic E-state index is -0.207. The topological polar surface area (TPSA) is 89.9 Å². The number of rotatable bonds is 6. The van der Waals surface area contributed by atoms with Crippen molar-refractivity contribution in [1.82, 2.24) is 19.5 Å². The molecule has 0 fully saturated rings. The zero-order valence-electron chi connectivity index (χ0n) is 17.9. The number of hydrogen-bond acceptors (Lipinski definition) is 6. The molecule has 1 N–H and O–H groups in total. The fourth-order valence-electron chi connectivity index (χ4n) is 4.16. The first-order valence-corrected chi connectivity index (χ1v) is 11.8. The Morgan fingerprint density at radius 2 is 2.09 bits per heavy atom. The highest BCUT2D eigenvalue weighted by Crippen LogP contribution is 2.34. The number of nitrogens with zero attached hydrogens (tertiary/aromatic N) is 3. The molecule has 0 aromatic carbocycles. The Hall–Kier alpha value is -3.26. The molecule has 5 rings (SSSR count). The zero-order valence-corrected chi connectivity index (χ0v) is 18.7. The summed E-state index contributed by atoms with van der Waals surface area (Å²) in [6.07, 6.45) is 8.23. The molecule has 8 heteroatoms. The van der Waals surface area contributed by atoms with E-state index in [0.717, 1.165) is 47.9 Å². The van der Waals surface area contributed by atoms with E-state index in [0.29, 0.717) is 23.8 Å². The summed E-state index contributed by atoms with van der Waals surface area (Å²) in [5, 5.41) is 0.717. The molecule has 1 aliphatic rings. The van der Waals surface area contributed by atoms with Crippen molar-refractivity contribution < 1.29 is 4.74 Å². The number of H-pyrrole nitrogens is 1. The van der Waals surface area contributed by atoms with E-state index in [1.54, 1.807) is 28.3 Å². The van der Waals surface area contributed by atoms with E-state index in [2.05, 4.69) is 9.97 Å². The van der Waals surface area contributed by atoms with Gasteiger partial charge in [0.2, 0.25) is 5.43 Å². The lowest BCUT2D eigenvalue weighted by atomic mass is 9.97. The number of nitrogens with one attached hydrogen (secondary N) is 1. The SMILES string of the molecule is CCCOc1c[nH]c(Cn2c(-c3ccccn3)nc3sc4c(c3c2=O)CCCC4)cc1=O. The number of hydrogen-bond donors (Lipinski definition) is 1. The molecular weight excluding hydrogens is 424 g/mol. The smallest absolute Gasteiger partial charge is 0.263 e. The van der Waals surface area contributed by atoms with Crippen molar-refractivity contribution in [3.05, 3.63) is 73.4 Å². The molecule has 4 heterocycles. The molecule has 4 aromatic rings. The molecular formula is C24H24N4O3S. The third-order valence-corrected chi connectivity index (χ3v) is 6.88. The second kappa shape index (κ2) is 8.70. The number of aromatic nitrogens is 4. The molecule has 164 valence electrons. The van der Waals surface area contributed by atoms with Gasteiger partial charge in [-0.05, 0) is 49.8 Å². The van der Waals surface area contributed by atoms with Crippen LogP contribution in [0.4, 0.5) is 0 Å². The summed E-state index contributed by atoms with van der Waals surface area (Å²) in [7, 11) is 0. The van der Waals surface area contributed by atoms with Crippen LogP contribution in [0.3, 0.4) is 0 Å². The molecule has 0 saturated heterocycles. The molecule has 0 unspecified atom stereocenters. The van der Waals surface area contributed by atoms with Crippen molar-refractivity contribution in [2.75, 3.05) is 6.61 Å². The molecule has 0 amide bonds. The Morgan fingerprint density at radius 1 is 1.22 bits per heavy atom. The first kappa shape index (κ1) is 20.6. The van der Waals surface area contributed by atoms with E-state index < -0.39 is 0 Å². The number of fused-ring (bicyclic) bond motifs is 3. The second-order valence-electron chi connectivity index (χ2n) is 7.97. The average molecular weight is 449 g/mol. The van der Waals surface area contributed by atoms with Gasteiger partial charge < -0.3 is 9.72 Å². The Morgan fingerprint density at radius 3 is 2.88 bits per heavy atom. The van der Waals surface area contributed by atoms with E-state index in [-0.39, 0.29) is 23.3 Å². The standard InChI is InChI=1S/C24H24N4O3S/c1-2-11-31-19-13-26-15(12-18(19)29)14-28-22(17-8-5-6-10-25-17)27-23-21(24(28)30)16-7-3-4-9-20(16)32-23/h5-6,8,10,12-13H,2-4,7,9,11,14H2,1H3,(H,26,29). The molecule has 7 nitrogen and oxygen atoms in total. The van der Waals surface area contributed by atoms with Gasteiger partial charge in [-0.25, -0.2) is 4.98 Å². The maximum atomic E-state index is 13.7. The van der Waals surface area contributed by atoms with Crippen LogP contribution in [-0.2, 0) is 19.4 Å². The number of ether oxygens (including phenoxy) is 1. The predicted octanol–water partition coefficient (Wildman–Crippen LogP) is 3.92. The summed E-state index contributed by atoms with van der Waals surface area (Å²) < 4.78 is 7.11. The van der Waals surface area contributed by atoms with Crippen LogP contribution >= 0.6 is 11.3 Å². The molecule has 0 saturated carbocycles. The molecule has 4 aromatic heterocycles. The fourth-order valence-corrected chi connectivity index (χ4v) is 5.41. The van der Waals surface area contributed by atoms with Crippen molar-refractivity contribution >= 4 is 21.6 Å². The lowest BCUT2D eigenvalue weighted by Crippen LogP contribution is -2.25. The van der Waals surface area contributed by atoms with Gasteiger partial charge in [0.15, 0.2) is 11.6 Å². The minimum Gasteiger partial charge on any atom is -0.488 e. The van der Waals surface area contributed by atoms with Gasteiger partial charge in [-0.2, -0.15) is 0 Å². The molecule has 0 spiro atoms. The maximum absolute atomic E-state index is 13.7. The third kappa shape index (κ3) is 3.75. The van der Waals surface area contributed by atoms with Crippen molar-refractivity contribution in [2.24, 2.45) is 0 Å². The highest BCUT2D eigenvalue weighted by Gasteiger charge is 2.23. The van der Waals surface area contributed by atoms with Gasteiger partial charge in [0.1, 0.15) is 10.5 Å². The third-order valence-electron chi connectivity index (χ3n) is 5.70. The summed E-state index contributed by atoms with van der Waals surface area (Å²) in [6, 6.07) is 7.06. The average Bonchev–Trinajstić information content (AvgIpc) is 3.19. The molecule has 0 atom stereocenters. The van der Waals surface area contributed by atoms with Gasteiger partial charge in [0.05, 0.1) is 18.5 Å². The Balaban J connectivity index is 1.65. The van der Waals surface area contributed by atoms with Crippen LogP contribution in [0.15, 0.2) is 46.2 Å². The van der Waals surface area contributed by atoms with Gasteiger partial charge in [0, 0.05) is 29.0 Å². The van der Waals surface area contributed by atoms with Gasteiger partial charge >= 0.3 is 0 Å². The first-order valence-electron chi connectivity index (χ1n) is 11.0. The van der Waals surface area contributed by atoms with Crippen LogP contribution in [-0.4, -0.2) is 26.1 Å². The van der Waals surface area contributed by atoms with E-state index >= 15 is 0 Å². The zero-order chi connectivity index (χ0) is 22.1. The van der Waals surface area contributed by atoms with Crippen LogP contribution in [0, 0.1) is 0 Å². The number of thiophene rings is 1. The van der Waals surface area contributed by atoms with Gasteiger partial charge in [-0.3, -0.25) is 19.1 Å². The van der Waals surface area contributed by atoms with Crippen molar-refractivity contribution in [3.8, 4) is 17.3 Å². The second-order valence-corrected chi connectivity index (χ2v) is 9.05. The molecule has 0 bridgehead atoms. The fraction of sp³-hybridized carbons (Fsp3) is 0.333. The summed E-state index contributed by atoms with van der Waals surface area (Å²) in [4.78, 5) is 40.7. The monoisotopic (exact) mass is 448 g/mol. The molecule has 1 aliphatic carbocycles. The highest BCUT2D eigenvalue weighted by atomic mass is 32.1. The number of pyridine rings is 2. The normalized spacial score (nSPS) is 13.3. The number of aryl methyl sites for hydroxylation is 2. The van der Waals surface area contributed by atoms with E-state index in [4.69, 9.17) is 9.72 Å². The number of aromatic amines is 1. The summed E-state index contributed by atoms with van der Waals surface area (Å²) in [6.45, 7) is 2.66. The van der Waals surface area contributed by atoms with Gasteiger partial charge in [-0.15, -0.1) is 11.3 Å². The predicted molar refractivity (Wildman–Crippen MR) is 126 cm³/mol. The maximum Gasteiger partial charge on any atom is 0.263 e. The Labute approximate surface area is 188 Å². The van der Waals surface area contributed by atoms with Crippen LogP contribution in [0.25, 0.3) is 21.7 Å². The largest absolute Gasteiger partial charge is 0.488 e. The van der Waals surface area contributed by atoms with E-state index in [1.165, 1.54) is 10.9 Å². The molecule has 32 heavy (non-hydrogen) atoms. The van der Waals surface area contributed by atoms with Gasteiger partial charge in [0.25, 0.3) is 5.56 Å². The quantitative estimate of drug-likeness (QED) is 0.483. The van der Waals surface area contributed by atoms with Crippen molar-refractivity contribution in [2.45, 2.75) is 45.6 Å². The molecule has 0 aliphatic heterocycles. The summed E-state index contributed by atoms with van der Waals surface area (Å²) in [5.74, 6) is 0.794. The van der Waals surface area contributed by atoms with Crippen molar-refractivity contribution in [1.29, 1.82) is 0 Å². The molecule has 0 radical (unpaired) electrons. The summed E-state index contributed by atoms with van der Waals surface area (Å²) in [5.41, 5.74) is 2.10.